The summed E-state index contributed by atoms with van der Waals surface area (Å²) >= 11 is 1.31. The molecule has 2 aromatic carbocycles. The monoisotopic (exact) mass is 298 g/mol. The lowest BCUT2D eigenvalue weighted by Gasteiger charge is -2.09. The summed E-state index contributed by atoms with van der Waals surface area (Å²) in [5.74, 6) is -0.0755. The Hall–Kier alpha value is -2.27. The summed E-state index contributed by atoms with van der Waals surface area (Å²) in [6.07, 6.45) is 0. The maximum Gasteiger partial charge on any atom is 0.257 e. The molecule has 3 aromatic rings. The number of oxazole rings is 1. The van der Waals surface area contributed by atoms with Gasteiger partial charge < -0.3 is 9.73 Å². The minimum Gasteiger partial charge on any atom is -0.431 e. The van der Waals surface area contributed by atoms with E-state index in [4.69, 9.17) is 4.42 Å². The lowest BCUT2D eigenvalue weighted by atomic mass is 10.3. The van der Waals surface area contributed by atoms with E-state index in [2.05, 4.69) is 10.3 Å². The molecule has 4 nitrogen and oxygen atoms in total. The molecule has 0 saturated heterocycles. The highest BCUT2D eigenvalue weighted by atomic mass is 32.2. The molecule has 1 amide bonds. The molecule has 0 fully saturated rings. The molecule has 5 heteroatoms. The van der Waals surface area contributed by atoms with Gasteiger partial charge in [-0.1, -0.05) is 42.1 Å². The van der Waals surface area contributed by atoms with Crippen LogP contribution in [0.2, 0.25) is 0 Å². The molecule has 1 aromatic heterocycles. The average Bonchev–Trinajstić information content (AvgIpc) is 2.90. The Morgan fingerprint density at radius 3 is 2.62 bits per heavy atom. The van der Waals surface area contributed by atoms with Crippen LogP contribution in [0.15, 0.2) is 64.2 Å². The van der Waals surface area contributed by atoms with Gasteiger partial charge in [-0.2, -0.15) is 0 Å². The number of hydrogen-bond acceptors (Lipinski definition) is 4. The van der Waals surface area contributed by atoms with Gasteiger partial charge in [0.15, 0.2) is 5.58 Å². The zero-order chi connectivity index (χ0) is 14.7. The summed E-state index contributed by atoms with van der Waals surface area (Å²) < 4.78 is 5.61. The van der Waals surface area contributed by atoms with Crippen LogP contribution in [0, 0.1) is 0 Å². The third-order valence-electron chi connectivity index (χ3n) is 2.96. The largest absolute Gasteiger partial charge is 0.431 e. The lowest BCUT2D eigenvalue weighted by Crippen LogP contribution is -2.22. The number of hydrogen-bond donors (Lipinski definition) is 1. The van der Waals surface area contributed by atoms with Crippen LogP contribution in [0.1, 0.15) is 6.92 Å². The van der Waals surface area contributed by atoms with Crippen molar-refractivity contribution < 1.29 is 9.21 Å². The number of para-hydroxylation sites is 3. The van der Waals surface area contributed by atoms with Crippen LogP contribution in [-0.2, 0) is 4.79 Å². The smallest absolute Gasteiger partial charge is 0.257 e. The van der Waals surface area contributed by atoms with E-state index in [9.17, 15) is 4.79 Å². The van der Waals surface area contributed by atoms with Gasteiger partial charge in [-0.3, -0.25) is 4.79 Å². The van der Waals surface area contributed by atoms with E-state index in [1.165, 1.54) is 11.8 Å². The van der Waals surface area contributed by atoms with E-state index in [1.54, 1.807) is 0 Å². The van der Waals surface area contributed by atoms with Crippen molar-refractivity contribution >= 4 is 34.5 Å². The first-order valence-electron chi connectivity index (χ1n) is 6.60. The third-order valence-corrected chi connectivity index (χ3v) is 3.91. The predicted octanol–water partition coefficient (Wildman–Crippen LogP) is 3.95. The Morgan fingerprint density at radius 1 is 1.14 bits per heavy atom. The number of thioether (sulfide) groups is 1. The Bertz CT molecular complexity index is 722. The molecule has 0 spiro atoms. The van der Waals surface area contributed by atoms with Gasteiger partial charge in [-0.15, -0.1) is 0 Å². The molecule has 1 atom stereocenters. The molecule has 1 N–H and O–H groups in total. The summed E-state index contributed by atoms with van der Waals surface area (Å²) in [5.41, 5.74) is 2.32. The second-order valence-corrected chi connectivity index (χ2v) is 5.85. The van der Waals surface area contributed by atoms with E-state index >= 15 is 0 Å². The molecule has 0 saturated carbocycles. The zero-order valence-electron chi connectivity index (χ0n) is 11.4. The van der Waals surface area contributed by atoms with E-state index in [0.29, 0.717) is 5.22 Å². The number of rotatable bonds is 4. The number of fused-ring (bicyclic) bond motifs is 1. The first-order valence-corrected chi connectivity index (χ1v) is 7.48. The minimum absolute atomic E-state index is 0.0755. The summed E-state index contributed by atoms with van der Waals surface area (Å²) in [7, 11) is 0. The number of anilines is 1. The molecule has 0 radical (unpaired) electrons. The number of benzene rings is 2. The Kier molecular flexibility index (Phi) is 3.92. The van der Waals surface area contributed by atoms with E-state index in [0.717, 1.165) is 16.8 Å². The summed E-state index contributed by atoms with van der Waals surface area (Å²) in [6.45, 7) is 1.83. The predicted molar refractivity (Wildman–Crippen MR) is 84.4 cm³/mol. The number of aromatic nitrogens is 1. The number of nitrogens with zero attached hydrogens (tertiary/aromatic N) is 1. The molecule has 21 heavy (non-hydrogen) atoms. The van der Waals surface area contributed by atoms with Crippen molar-refractivity contribution in [3.8, 4) is 0 Å². The Morgan fingerprint density at radius 2 is 1.86 bits per heavy atom. The van der Waals surface area contributed by atoms with Gasteiger partial charge in [-0.05, 0) is 31.2 Å². The van der Waals surface area contributed by atoms with Crippen LogP contribution in [0.25, 0.3) is 11.1 Å². The summed E-state index contributed by atoms with van der Waals surface area (Å²) in [6, 6.07) is 16.9. The minimum atomic E-state index is -0.293. The van der Waals surface area contributed by atoms with Crippen LogP contribution >= 0.6 is 11.8 Å². The maximum absolute atomic E-state index is 12.1. The fraction of sp³-hybridized carbons (Fsp3) is 0.125. The van der Waals surface area contributed by atoms with Gasteiger partial charge in [0.2, 0.25) is 5.91 Å². The van der Waals surface area contributed by atoms with Crippen molar-refractivity contribution in [3.63, 3.8) is 0 Å². The van der Waals surface area contributed by atoms with Gasteiger partial charge in [0, 0.05) is 5.69 Å². The van der Waals surface area contributed by atoms with E-state index in [1.807, 2.05) is 61.5 Å². The molecule has 0 aliphatic rings. The Balaban J connectivity index is 1.67. The normalized spacial score (nSPS) is 12.2. The number of carbonyl (C=O) groups is 1. The van der Waals surface area contributed by atoms with Crippen LogP contribution in [0.4, 0.5) is 5.69 Å². The molecule has 1 heterocycles. The lowest BCUT2D eigenvalue weighted by molar-refractivity contribution is -0.115. The van der Waals surface area contributed by atoms with Crippen LogP contribution < -0.4 is 5.32 Å². The SMILES string of the molecule is CC(Sc1nc2ccccc2o1)C(=O)Nc1ccccc1. The van der Waals surface area contributed by atoms with Crippen molar-refractivity contribution in [2.75, 3.05) is 5.32 Å². The van der Waals surface area contributed by atoms with Gasteiger partial charge in [0.05, 0.1) is 5.25 Å². The highest BCUT2D eigenvalue weighted by molar-refractivity contribution is 8.00. The van der Waals surface area contributed by atoms with Crippen LogP contribution in [0.5, 0.6) is 0 Å². The highest BCUT2D eigenvalue weighted by Crippen LogP contribution is 2.27. The van der Waals surface area contributed by atoms with Crippen LogP contribution in [-0.4, -0.2) is 16.1 Å². The highest BCUT2D eigenvalue weighted by Gasteiger charge is 2.18. The fourth-order valence-electron chi connectivity index (χ4n) is 1.87. The quantitative estimate of drug-likeness (QED) is 0.741. The molecular formula is C16H14N2O2S. The standard InChI is InChI=1S/C16H14N2O2S/c1-11(15(19)17-12-7-3-2-4-8-12)21-16-18-13-9-5-6-10-14(13)20-16/h2-11H,1H3,(H,17,19). The van der Waals surface area contributed by atoms with E-state index < -0.39 is 0 Å². The molecule has 0 aliphatic carbocycles. The molecular weight excluding hydrogens is 284 g/mol. The second-order valence-electron chi connectivity index (χ2n) is 4.56. The first kappa shape index (κ1) is 13.7. The third kappa shape index (κ3) is 3.25. The van der Waals surface area contributed by atoms with Crippen molar-refractivity contribution in [2.24, 2.45) is 0 Å². The van der Waals surface area contributed by atoms with Crippen molar-refractivity contribution in [1.29, 1.82) is 0 Å². The van der Waals surface area contributed by atoms with Gasteiger partial charge in [-0.25, -0.2) is 4.98 Å². The Labute approximate surface area is 126 Å². The topological polar surface area (TPSA) is 55.1 Å². The van der Waals surface area contributed by atoms with Crippen molar-refractivity contribution in [3.05, 3.63) is 54.6 Å². The van der Waals surface area contributed by atoms with Crippen molar-refractivity contribution in [2.45, 2.75) is 17.4 Å². The first-order chi connectivity index (χ1) is 10.2. The van der Waals surface area contributed by atoms with Crippen LogP contribution in [0.3, 0.4) is 0 Å². The summed E-state index contributed by atoms with van der Waals surface area (Å²) in [4.78, 5) is 16.5. The molecule has 1 unspecified atom stereocenters. The number of amides is 1. The van der Waals surface area contributed by atoms with E-state index in [-0.39, 0.29) is 11.2 Å². The second kappa shape index (κ2) is 6.01. The zero-order valence-corrected chi connectivity index (χ0v) is 12.3. The molecule has 3 rings (SSSR count). The number of carbonyl (C=O) groups excluding carboxylic acids is 1. The average molecular weight is 298 g/mol. The fourth-order valence-corrected chi connectivity index (χ4v) is 2.63. The van der Waals surface area contributed by atoms with Crippen molar-refractivity contribution in [1.82, 2.24) is 4.98 Å². The van der Waals surface area contributed by atoms with Gasteiger partial charge in [0.1, 0.15) is 5.52 Å². The molecule has 106 valence electrons. The van der Waals surface area contributed by atoms with Gasteiger partial charge in [0.25, 0.3) is 5.22 Å². The molecule has 0 bridgehead atoms. The van der Waals surface area contributed by atoms with Gasteiger partial charge >= 0.3 is 0 Å². The summed E-state index contributed by atoms with van der Waals surface area (Å²) in [5, 5.41) is 3.08. The number of nitrogens with one attached hydrogen (secondary N) is 1. The maximum atomic E-state index is 12.1. The molecule has 0 aliphatic heterocycles.